The molecule has 1 aromatic rings. The van der Waals surface area contributed by atoms with Crippen molar-refractivity contribution in [1.82, 2.24) is 0 Å². The van der Waals surface area contributed by atoms with Crippen molar-refractivity contribution >= 4 is 0 Å². The minimum atomic E-state index is -0.341. The molecule has 2 nitrogen and oxygen atoms in total. The topological polar surface area (TPSA) is 35.2 Å². The molecule has 0 heterocycles. The van der Waals surface area contributed by atoms with Crippen LogP contribution in [0, 0.1) is 12.7 Å². The number of rotatable bonds is 3. The van der Waals surface area contributed by atoms with Crippen molar-refractivity contribution in [2.24, 2.45) is 5.73 Å². The van der Waals surface area contributed by atoms with E-state index in [4.69, 9.17) is 10.5 Å². The van der Waals surface area contributed by atoms with Crippen LogP contribution in [0.1, 0.15) is 12.5 Å². The van der Waals surface area contributed by atoms with Crippen LogP contribution in [0.25, 0.3) is 0 Å². The molecule has 0 aliphatic rings. The molecule has 0 bridgehead atoms. The Morgan fingerprint density at radius 2 is 2.23 bits per heavy atom. The molecule has 0 unspecified atom stereocenters. The standard InChI is InChI=1S/C10H14FNO/c1-7-3-4-9(11)10(5-7)13-6-8(2)12/h3-5,8H,6,12H2,1-2H3/t8-/m1/s1. The Morgan fingerprint density at radius 3 is 2.85 bits per heavy atom. The van der Waals surface area contributed by atoms with Gasteiger partial charge in [-0.2, -0.15) is 0 Å². The quantitative estimate of drug-likeness (QED) is 0.776. The zero-order valence-electron chi connectivity index (χ0n) is 7.88. The van der Waals surface area contributed by atoms with Crippen LogP contribution >= 0.6 is 0 Å². The zero-order valence-corrected chi connectivity index (χ0v) is 7.88. The summed E-state index contributed by atoms with van der Waals surface area (Å²) < 4.78 is 18.2. The van der Waals surface area contributed by atoms with Gasteiger partial charge in [0.1, 0.15) is 6.61 Å². The molecule has 2 N–H and O–H groups in total. The molecule has 1 atom stereocenters. The predicted molar refractivity (Wildman–Crippen MR) is 50.3 cm³/mol. The van der Waals surface area contributed by atoms with Gasteiger partial charge in [-0.25, -0.2) is 4.39 Å². The molecule has 0 aliphatic carbocycles. The summed E-state index contributed by atoms with van der Waals surface area (Å²) in [5.74, 6) is -0.0662. The van der Waals surface area contributed by atoms with Crippen LogP contribution in [0.2, 0.25) is 0 Å². The Bertz CT molecular complexity index is 286. The average Bonchev–Trinajstić information content (AvgIpc) is 2.06. The molecule has 0 spiro atoms. The molecule has 1 aromatic carbocycles. The third kappa shape index (κ3) is 3.03. The molecule has 0 saturated carbocycles. The Kier molecular flexibility index (Phi) is 3.25. The molecule has 3 heteroatoms. The van der Waals surface area contributed by atoms with Crippen LogP contribution in [0.3, 0.4) is 0 Å². The summed E-state index contributed by atoms with van der Waals surface area (Å²) in [5, 5.41) is 0. The number of hydrogen-bond acceptors (Lipinski definition) is 2. The monoisotopic (exact) mass is 183 g/mol. The van der Waals surface area contributed by atoms with Crippen molar-refractivity contribution in [3.05, 3.63) is 29.6 Å². The van der Waals surface area contributed by atoms with Crippen LogP contribution in [-0.2, 0) is 0 Å². The largest absolute Gasteiger partial charge is 0.489 e. The summed E-state index contributed by atoms with van der Waals surface area (Å²) in [5.41, 5.74) is 6.45. The van der Waals surface area contributed by atoms with E-state index in [2.05, 4.69) is 0 Å². The fourth-order valence-electron chi connectivity index (χ4n) is 0.942. The lowest BCUT2D eigenvalue weighted by Crippen LogP contribution is -2.23. The molecule has 0 fully saturated rings. The van der Waals surface area contributed by atoms with E-state index < -0.39 is 0 Å². The molecule has 0 radical (unpaired) electrons. The van der Waals surface area contributed by atoms with E-state index in [0.717, 1.165) is 5.56 Å². The zero-order chi connectivity index (χ0) is 9.84. The second-order valence-electron chi connectivity index (χ2n) is 3.22. The first kappa shape index (κ1) is 9.99. The molecule has 0 aromatic heterocycles. The molecule has 1 rings (SSSR count). The first-order chi connectivity index (χ1) is 6.09. The van der Waals surface area contributed by atoms with Crippen LogP contribution in [0.4, 0.5) is 4.39 Å². The summed E-state index contributed by atoms with van der Waals surface area (Å²) in [6, 6.07) is 4.68. The Morgan fingerprint density at radius 1 is 1.54 bits per heavy atom. The van der Waals surface area contributed by atoms with Gasteiger partial charge in [0.05, 0.1) is 0 Å². The van der Waals surface area contributed by atoms with Crippen molar-refractivity contribution in [2.45, 2.75) is 19.9 Å². The molecular weight excluding hydrogens is 169 g/mol. The highest BCUT2D eigenvalue weighted by molar-refractivity contribution is 5.29. The normalized spacial score (nSPS) is 12.6. The second kappa shape index (κ2) is 4.23. The van der Waals surface area contributed by atoms with Gasteiger partial charge in [0, 0.05) is 6.04 Å². The fraction of sp³-hybridized carbons (Fsp3) is 0.400. The minimum Gasteiger partial charge on any atom is -0.489 e. The first-order valence-electron chi connectivity index (χ1n) is 4.24. The molecule has 13 heavy (non-hydrogen) atoms. The van der Waals surface area contributed by atoms with Crippen molar-refractivity contribution in [1.29, 1.82) is 0 Å². The first-order valence-corrected chi connectivity index (χ1v) is 4.24. The fourth-order valence-corrected chi connectivity index (χ4v) is 0.942. The summed E-state index contributed by atoms with van der Waals surface area (Å²) in [7, 11) is 0. The van der Waals surface area contributed by atoms with Crippen molar-refractivity contribution in [3.8, 4) is 5.75 Å². The maximum absolute atomic E-state index is 13.1. The number of nitrogens with two attached hydrogens (primary N) is 1. The lowest BCUT2D eigenvalue weighted by atomic mass is 10.2. The van der Waals surface area contributed by atoms with Gasteiger partial charge >= 0.3 is 0 Å². The van der Waals surface area contributed by atoms with Gasteiger partial charge in [0.15, 0.2) is 11.6 Å². The highest BCUT2D eigenvalue weighted by Crippen LogP contribution is 2.18. The third-order valence-corrected chi connectivity index (χ3v) is 1.59. The highest BCUT2D eigenvalue weighted by atomic mass is 19.1. The van der Waals surface area contributed by atoms with Gasteiger partial charge < -0.3 is 10.5 Å². The van der Waals surface area contributed by atoms with E-state index in [9.17, 15) is 4.39 Å². The van der Waals surface area contributed by atoms with Crippen LogP contribution in [0.15, 0.2) is 18.2 Å². The third-order valence-electron chi connectivity index (χ3n) is 1.59. The van der Waals surface area contributed by atoms with E-state index in [1.54, 1.807) is 12.1 Å². The van der Waals surface area contributed by atoms with Crippen molar-refractivity contribution < 1.29 is 9.13 Å². The summed E-state index contributed by atoms with van der Waals surface area (Å²) >= 11 is 0. The summed E-state index contributed by atoms with van der Waals surface area (Å²) in [6.07, 6.45) is 0. The minimum absolute atomic E-state index is 0.0834. The van der Waals surface area contributed by atoms with E-state index in [1.807, 2.05) is 13.8 Å². The number of benzene rings is 1. The van der Waals surface area contributed by atoms with Gasteiger partial charge in [-0.1, -0.05) is 6.07 Å². The van der Waals surface area contributed by atoms with Crippen LogP contribution in [0.5, 0.6) is 5.75 Å². The Balaban J connectivity index is 2.70. The molecule has 72 valence electrons. The van der Waals surface area contributed by atoms with E-state index in [0.29, 0.717) is 6.61 Å². The molecule has 0 aliphatic heterocycles. The van der Waals surface area contributed by atoms with Gasteiger partial charge in [0.2, 0.25) is 0 Å². The number of halogens is 1. The number of aryl methyl sites for hydroxylation is 1. The van der Waals surface area contributed by atoms with Gasteiger partial charge in [-0.05, 0) is 31.5 Å². The average molecular weight is 183 g/mol. The van der Waals surface area contributed by atoms with Crippen LogP contribution < -0.4 is 10.5 Å². The van der Waals surface area contributed by atoms with Gasteiger partial charge in [0.25, 0.3) is 0 Å². The summed E-state index contributed by atoms with van der Waals surface area (Å²) in [6.45, 7) is 4.03. The Hall–Kier alpha value is -1.09. The van der Waals surface area contributed by atoms with Gasteiger partial charge in [-0.3, -0.25) is 0 Å². The second-order valence-corrected chi connectivity index (χ2v) is 3.22. The maximum atomic E-state index is 13.1. The summed E-state index contributed by atoms with van der Waals surface area (Å²) in [4.78, 5) is 0. The lowest BCUT2D eigenvalue weighted by molar-refractivity contribution is 0.282. The number of hydrogen-bond donors (Lipinski definition) is 1. The molecular formula is C10H14FNO. The van der Waals surface area contributed by atoms with Gasteiger partial charge in [-0.15, -0.1) is 0 Å². The van der Waals surface area contributed by atoms with Crippen LogP contribution in [-0.4, -0.2) is 12.6 Å². The van der Waals surface area contributed by atoms with Crippen molar-refractivity contribution in [3.63, 3.8) is 0 Å². The smallest absolute Gasteiger partial charge is 0.165 e. The predicted octanol–water partition coefficient (Wildman–Crippen LogP) is 1.86. The van der Waals surface area contributed by atoms with Crippen molar-refractivity contribution in [2.75, 3.05) is 6.61 Å². The van der Waals surface area contributed by atoms with E-state index in [-0.39, 0.29) is 17.6 Å². The maximum Gasteiger partial charge on any atom is 0.165 e. The molecule has 0 saturated heterocycles. The SMILES string of the molecule is Cc1ccc(F)c(OC[C@@H](C)N)c1. The Labute approximate surface area is 77.5 Å². The van der Waals surface area contributed by atoms with E-state index >= 15 is 0 Å². The lowest BCUT2D eigenvalue weighted by Gasteiger charge is -2.09. The highest BCUT2D eigenvalue weighted by Gasteiger charge is 2.03. The van der Waals surface area contributed by atoms with E-state index in [1.165, 1.54) is 6.07 Å². The molecule has 0 amide bonds. The number of ether oxygens (including phenoxy) is 1.